The Morgan fingerprint density at radius 3 is 2.56 bits per heavy atom. The molecule has 0 saturated heterocycles. The van der Waals surface area contributed by atoms with Gasteiger partial charge in [-0.25, -0.2) is 0 Å². The molecule has 0 radical (unpaired) electrons. The third-order valence-corrected chi connectivity index (χ3v) is 0.779. The lowest BCUT2D eigenvalue weighted by atomic mass is 10.5. The molecule has 0 fully saturated rings. The summed E-state index contributed by atoms with van der Waals surface area (Å²) in [6.45, 7) is -0.0339. The van der Waals surface area contributed by atoms with Crippen LogP contribution >= 0.6 is 12.4 Å². The van der Waals surface area contributed by atoms with Gasteiger partial charge < -0.3 is 5.11 Å². The minimum Gasteiger partial charge on any atom is -0.390 e. The predicted octanol–water partition coefficient (Wildman–Crippen LogP) is 0.391. The van der Waals surface area contributed by atoms with Gasteiger partial charge >= 0.3 is 0 Å². The lowest BCUT2D eigenvalue weighted by Gasteiger charge is -1.87. The van der Waals surface area contributed by atoms with Crippen LogP contribution in [0.4, 0.5) is 0 Å². The van der Waals surface area contributed by atoms with Gasteiger partial charge in [0.15, 0.2) is 0 Å². The van der Waals surface area contributed by atoms with Gasteiger partial charge in [0.2, 0.25) is 0 Å². The van der Waals surface area contributed by atoms with E-state index in [0.29, 0.717) is 5.69 Å². The zero-order valence-electron chi connectivity index (χ0n) is 4.69. The van der Waals surface area contributed by atoms with Crippen LogP contribution in [0.25, 0.3) is 0 Å². The van der Waals surface area contributed by atoms with Crippen molar-refractivity contribution in [2.24, 2.45) is 0 Å². The molecule has 0 aromatic carbocycles. The summed E-state index contributed by atoms with van der Waals surface area (Å²) in [7, 11) is 0. The summed E-state index contributed by atoms with van der Waals surface area (Å²) in [5.74, 6) is 0. The molecule has 0 atom stereocenters. The number of aromatic nitrogens is 2. The summed E-state index contributed by atoms with van der Waals surface area (Å²) >= 11 is 0. The topological polar surface area (TPSA) is 46.0 Å². The van der Waals surface area contributed by atoms with E-state index in [4.69, 9.17) is 5.11 Å². The average Bonchev–Trinajstić information content (AvgIpc) is 1.90. The maximum absolute atomic E-state index is 8.44. The Bertz CT molecular complexity index is 156. The van der Waals surface area contributed by atoms with Crippen LogP contribution in [0.3, 0.4) is 0 Å². The van der Waals surface area contributed by atoms with Crippen molar-refractivity contribution in [1.29, 1.82) is 0 Å². The van der Waals surface area contributed by atoms with Crippen molar-refractivity contribution in [1.82, 2.24) is 9.97 Å². The largest absolute Gasteiger partial charge is 0.390 e. The molecule has 0 spiro atoms. The number of aliphatic hydroxyl groups excluding tert-OH is 1. The molecule has 0 unspecified atom stereocenters. The summed E-state index contributed by atoms with van der Waals surface area (Å²) in [4.78, 5) is 7.52. The van der Waals surface area contributed by atoms with Crippen LogP contribution in [-0.4, -0.2) is 15.1 Å². The second-order valence-electron chi connectivity index (χ2n) is 1.35. The van der Waals surface area contributed by atoms with Crippen LogP contribution in [0.15, 0.2) is 18.6 Å². The Morgan fingerprint density at radius 1 is 1.44 bits per heavy atom. The van der Waals surface area contributed by atoms with Crippen LogP contribution < -0.4 is 0 Å². The van der Waals surface area contributed by atoms with Gasteiger partial charge in [-0.3, -0.25) is 9.97 Å². The highest BCUT2D eigenvalue weighted by atomic mass is 35.5. The van der Waals surface area contributed by atoms with Gasteiger partial charge in [-0.15, -0.1) is 12.4 Å². The first-order chi connectivity index (χ1) is 3.93. The highest BCUT2D eigenvalue weighted by Crippen LogP contribution is 1.85. The van der Waals surface area contributed by atoms with Gasteiger partial charge in [-0.1, -0.05) is 0 Å². The van der Waals surface area contributed by atoms with Gasteiger partial charge in [0.05, 0.1) is 18.5 Å². The summed E-state index contributed by atoms with van der Waals surface area (Å²) in [5.41, 5.74) is 0.604. The number of aliphatic hydroxyl groups is 1. The fraction of sp³-hybridized carbons (Fsp3) is 0.200. The fourth-order valence-corrected chi connectivity index (χ4v) is 0.412. The number of rotatable bonds is 1. The number of halogens is 1. The normalized spacial score (nSPS) is 8.11. The molecule has 0 aliphatic carbocycles. The second-order valence-corrected chi connectivity index (χ2v) is 1.35. The molecule has 1 heterocycles. The fourth-order valence-electron chi connectivity index (χ4n) is 0.412. The molecule has 3 nitrogen and oxygen atoms in total. The minimum absolute atomic E-state index is 0. The van der Waals surface area contributed by atoms with Crippen molar-refractivity contribution in [3.8, 4) is 0 Å². The van der Waals surface area contributed by atoms with Crippen molar-refractivity contribution < 1.29 is 5.11 Å². The maximum atomic E-state index is 8.44. The van der Waals surface area contributed by atoms with Crippen LogP contribution in [0.2, 0.25) is 0 Å². The highest BCUT2D eigenvalue weighted by Gasteiger charge is 1.84. The van der Waals surface area contributed by atoms with Gasteiger partial charge in [-0.2, -0.15) is 0 Å². The van der Waals surface area contributed by atoms with E-state index in [0.717, 1.165) is 0 Å². The molecule has 0 bridgehead atoms. The Kier molecular flexibility index (Phi) is 3.92. The molecule has 1 aromatic rings. The van der Waals surface area contributed by atoms with Gasteiger partial charge in [0.1, 0.15) is 0 Å². The third-order valence-electron chi connectivity index (χ3n) is 0.779. The molecule has 1 aromatic heterocycles. The third kappa shape index (κ3) is 2.39. The monoisotopic (exact) mass is 146 g/mol. The molecular formula is C5H7ClN2O. The first-order valence-electron chi connectivity index (χ1n) is 2.29. The van der Waals surface area contributed by atoms with Crippen molar-refractivity contribution in [2.75, 3.05) is 0 Å². The highest BCUT2D eigenvalue weighted by molar-refractivity contribution is 5.85. The van der Waals surface area contributed by atoms with E-state index in [1.165, 1.54) is 6.20 Å². The van der Waals surface area contributed by atoms with E-state index in [9.17, 15) is 0 Å². The molecule has 0 saturated carbocycles. The first-order valence-corrected chi connectivity index (χ1v) is 2.29. The molecule has 0 aliphatic rings. The maximum Gasteiger partial charge on any atom is 0.0868 e. The first kappa shape index (κ1) is 8.33. The molecule has 9 heavy (non-hydrogen) atoms. The van der Waals surface area contributed by atoms with E-state index in [2.05, 4.69) is 9.97 Å². The Balaban J connectivity index is 0.000000640. The van der Waals surface area contributed by atoms with Crippen molar-refractivity contribution in [2.45, 2.75) is 6.61 Å². The summed E-state index contributed by atoms with van der Waals surface area (Å²) in [6, 6.07) is 0. The zero-order valence-corrected chi connectivity index (χ0v) is 5.51. The molecule has 1 rings (SSSR count). The zero-order chi connectivity index (χ0) is 5.82. The van der Waals surface area contributed by atoms with E-state index < -0.39 is 0 Å². The molecule has 0 amide bonds. The number of hydrogen-bond donors (Lipinski definition) is 1. The average molecular weight is 147 g/mol. The number of nitrogens with zero attached hydrogens (tertiary/aromatic N) is 2. The summed E-state index contributed by atoms with van der Waals surface area (Å²) in [6.07, 6.45) is 4.64. The van der Waals surface area contributed by atoms with Crippen molar-refractivity contribution >= 4 is 12.4 Å². The van der Waals surface area contributed by atoms with E-state index >= 15 is 0 Å². The number of hydrogen-bond acceptors (Lipinski definition) is 3. The Labute approximate surface area is 59.2 Å². The van der Waals surface area contributed by atoms with E-state index in [1.54, 1.807) is 12.4 Å². The van der Waals surface area contributed by atoms with Crippen LogP contribution in [0.1, 0.15) is 5.69 Å². The quantitative estimate of drug-likeness (QED) is 0.624. The SMILES string of the molecule is Cl.OCc1cnccn1. The van der Waals surface area contributed by atoms with E-state index in [-0.39, 0.29) is 19.0 Å². The van der Waals surface area contributed by atoms with E-state index in [1.807, 2.05) is 0 Å². The van der Waals surface area contributed by atoms with Crippen LogP contribution in [0.5, 0.6) is 0 Å². The smallest absolute Gasteiger partial charge is 0.0868 e. The van der Waals surface area contributed by atoms with Gasteiger partial charge in [0, 0.05) is 12.4 Å². The molecule has 50 valence electrons. The molecular weight excluding hydrogens is 140 g/mol. The standard InChI is InChI=1S/C5H6N2O.ClH/c8-4-5-3-6-1-2-7-5;/h1-3,8H,4H2;1H. The predicted molar refractivity (Wildman–Crippen MR) is 35.2 cm³/mol. The molecule has 1 N–H and O–H groups in total. The summed E-state index contributed by atoms with van der Waals surface area (Å²) < 4.78 is 0. The lowest BCUT2D eigenvalue weighted by Crippen LogP contribution is -1.86. The van der Waals surface area contributed by atoms with Crippen LogP contribution in [-0.2, 0) is 6.61 Å². The molecule has 4 heteroatoms. The van der Waals surface area contributed by atoms with Gasteiger partial charge in [-0.05, 0) is 0 Å². The lowest BCUT2D eigenvalue weighted by molar-refractivity contribution is 0.276. The molecule has 0 aliphatic heterocycles. The van der Waals surface area contributed by atoms with Crippen LogP contribution in [0, 0.1) is 0 Å². The Hall–Kier alpha value is -0.670. The second kappa shape index (κ2) is 4.23. The van der Waals surface area contributed by atoms with Crippen molar-refractivity contribution in [3.63, 3.8) is 0 Å². The Morgan fingerprint density at radius 2 is 2.22 bits per heavy atom. The van der Waals surface area contributed by atoms with Gasteiger partial charge in [0.25, 0.3) is 0 Å². The summed E-state index contributed by atoms with van der Waals surface area (Å²) in [5, 5.41) is 8.44. The van der Waals surface area contributed by atoms with Crippen molar-refractivity contribution in [3.05, 3.63) is 24.3 Å². The minimum atomic E-state index is -0.0339.